The fraction of sp³-hybridized carbons (Fsp3) is 0.500. The number of aliphatic imine (C=N–C) groups is 1. The maximum atomic E-state index is 11.4. The largest absolute Gasteiger partial charge is 0.492 e. The normalized spacial score (nSPS) is 11.2. The number of nitrogens with one attached hydrogen (secondary N) is 3. The number of para-hydroxylation sites is 1. The van der Waals surface area contributed by atoms with Crippen LogP contribution in [0.4, 0.5) is 0 Å². The molecule has 0 unspecified atom stereocenters. The molecule has 0 aliphatic carbocycles. The van der Waals surface area contributed by atoms with E-state index in [2.05, 4.69) is 20.9 Å². The highest BCUT2D eigenvalue weighted by Gasteiger charge is 2.05. The summed E-state index contributed by atoms with van der Waals surface area (Å²) in [7, 11) is 1.71. The molecular formula is C16H26N4O2. The van der Waals surface area contributed by atoms with E-state index in [1.807, 2.05) is 44.2 Å². The molecule has 0 saturated carbocycles. The van der Waals surface area contributed by atoms with E-state index in [0.29, 0.717) is 32.2 Å². The predicted octanol–water partition coefficient (Wildman–Crippen LogP) is 1.00. The van der Waals surface area contributed by atoms with E-state index in [9.17, 15) is 4.79 Å². The first-order chi connectivity index (χ1) is 10.6. The minimum absolute atomic E-state index is 0.00701. The number of rotatable bonds is 8. The van der Waals surface area contributed by atoms with Gasteiger partial charge in [0.1, 0.15) is 12.4 Å². The maximum Gasteiger partial charge on any atom is 0.222 e. The Balaban J connectivity index is 2.11. The molecule has 0 aromatic heterocycles. The second kappa shape index (κ2) is 10.5. The van der Waals surface area contributed by atoms with Gasteiger partial charge in [0.05, 0.1) is 6.54 Å². The molecule has 0 aliphatic heterocycles. The molecule has 0 heterocycles. The summed E-state index contributed by atoms with van der Waals surface area (Å²) in [5, 5.41) is 9.12. The summed E-state index contributed by atoms with van der Waals surface area (Å²) >= 11 is 0. The number of amides is 1. The van der Waals surface area contributed by atoms with Gasteiger partial charge in [-0.3, -0.25) is 9.79 Å². The van der Waals surface area contributed by atoms with Crippen molar-refractivity contribution in [3.8, 4) is 5.75 Å². The fourth-order valence-corrected chi connectivity index (χ4v) is 1.65. The minimum atomic E-state index is 0.00701. The number of hydrogen-bond donors (Lipinski definition) is 3. The van der Waals surface area contributed by atoms with E-state index < -0.39 is 0 Å². The Morgan fingerprint density at radius 3 is 2.36 bits per heavy atom. The molecule has 0 aliphatic rings. The number of carbonyl (C=O) groups excluding carboxylic acids is 1. The number of nitrogens with zero attached hydrogens (tertiary/aromatic N) is 1. The van der Waals surface area contributed by atoms with Gasteiger partial charge in [0.25, 0.3) is 0 Å². The summed E-state index contributed by atoms with van der Waals surface area (Å²) < 4.78 is 5.58. The molecule has 6 nitrogen and oxygen atoms in total. The smallest absolute Gasteiger partial charge is 0.222 e. The van der Waals surface area contributed by atoms with Gasteiger partial charge in [-0.1, -0.05) is 32.0 Å². The second-order valence-corrected chi connectivity index (χ2v) is 5.03. The molecule has 1 aromatic rings. The third kappa shape index (κ3) is 7.52. The van der Waals surface area contributed by atoms with Crippen LogP contribution in [0.3, 0.4) is 0 Å². The van der Waals surface area contributed by atoms with Crippen molar-refractivity contribution in [2.45, 2.75) is 13.8 Å². The molecule has 1 rings (SSSR count). The third-order valence-electron chi connectivity index (χ3n) is 2.87. The van der Waals surface area contributed by atoms with Crippen molar-refractivity contribution in [1.29, 1.82) is 0 Å². The predicted molar refractivity (Wildman–Crippen MR) is 89.1 cm³/mol. The monoisotopic (exact) mass is 306 g/mol. The number of benzene rings is 1. The van der Waals surface area contributed by atoms with Crippen molar-refractivity contribution in [3.05, 3.63) is 30.3 Å². The molecule has 22 heavy (non-hydrogen) atoms. The van der Waals surface area contributed by atoms with E-state index in [0.717, 1.165) is 5.75 Å². The highest BCUT2D eigenvalue weighted by Crippen LogP contribution is 2.07. The van der Waals surface area contributed by atoms with E-state index in [1.54, 1.807) is 7.05 Å². The molecule has 0 spiro atoms. The standard InChI is InChI=1S/C16H26N4O2/c1-13(2)15(21)18-9-10-19-16(17-3)20-11-12-22-14-7-5-4-6-8-14/h4-8,13H,9-12H2,1-3H3,(H,18,21)(H2,17,19,20). The molecule has 0 radical (unpaired) electrons. The van der Waals surface area contributed by atoms with Crippen molar-refractivity contribution in [3.63, 3.8) is 0 Å². The van der Waals surface area contributed by atoms with Crippen molar-refractivity contribution in [2.24, 2.45) is 10.9 Å². The average Bonchev–Trinajstić information content (AvgIpc) is 2.54. The van der Waals surface area contributed by atoms with Crippen LogP contribution in [0.25, 0.3) is 0 Å². The topological polar surface area (TPSA) is 74.8 Å². The molecule has 0 bridgehead atoms. The number of carbonyl (C=O) groups is 1. The van der Waals surface area contributed by atoms with Crippen LogP contribution < -0.4 is 20.7 Å². The summed E-state index contributed by atoms with van der Waals surface area (Å²) in [6.45, 7) is 6.13. The van der Waals surface area contributed by atoms with Gasteiger partial charge < -0.3 is 20.7 Å². The summed E-state index contributed by atoms with van der Waals surface area (Å²) in [4.78, 5) is 15.5. The number of ether oxygens (including phenoxy) is 1. The van der Waals surface area contributed by atoms with Gasteiger partial charge in [-0.15, -0.1) is 0 Å². The lowest BCUT2D eigenvalue weighted by molar-refractivity contribution is -0.123. The SMILES string of the molecule is CN=C(NCCNC(=O)C(C)C)NCCOc1ccccc1. The van der Waals surface area contributed by atoms with E-state index in [1.165, 1.54) is 0 Å². The van der Waals surface area contributed by atoms with E-state index >= 15 is 0 Å². The molecule has 3 N–H and O–H groups in total. The molecule has 6 heteroatoms. The van der Waals surface area contributed by atoms with E-state index in [-0.39, 0.29) is 11.8 Å². The average molecular weight is 306 g/mol. The highest BCUT2D eigenvalue weighted by atomic mass is 16.5. The first-order valence-electron chi connectivity index (χ1n) is 7.53. The Hall–Kier alpha value is -2.24. The summed E-state index contributed by atoms with van der Waals surface area (Å²) in [5.41, 5.74) is 0. The molecule has 122 valence electrons. The Morgan fingerprint density at radius 1 is 1.09 bits per heavy atom. The quantitative estimate of drug-likeness (QED) is 0.380. The van der Waals surface area contributed by atoms with Crippen LogP contribution in [0.5, 0.6) is 5.75 Å². The van der Waals surface area contributed by atoms with Gasteiger partial charge in [0.15, 0.2) is 5.96 Å². The Morgan fingerprint density at radius 2 is 1.73 bits per heavy atom. The summed E-state index contributed by atoms with van der Waals surface area (Å²) in [6, 6.07) is 9.67. The second-order valence-electron chi connectivity index (χ2n) is 5.03. The molecular weight excluding hydrogens is 280 g/mol. The maximum absolute atomic E-state index is 11.4. The van der Waals surface area contributed by atoms with Crippen molar-refractivity contribution in [1.82, 2.24) is 16.0 Å². The van der Waals surface area contributed by atoms with Gasteiger partial charge in [0.2, 0.25) is 5.91 Å². The minimum Gasteiger partial charge on any atom is -0.492 e. The van der Waals surface area contributed by atoms with Gasteiger partial charge in [-0.2, -0.15) is 0 Å². The zero-order valence-electron chi connectivity index (χ0n) is 13.6. The first kappa shape index (κ1) is 17.8. The van der Waals surface area contributed by atoms with Crippen LogP contribution in [0.2, 0.25) is 0 Å². The van der Waals surface area contributed by atoms with E-state index in [4.69, 9.17) is 4.74 Å². The van der Waals surface area contributed by atoms with Gasteiger partial charge >= 0.3 is 0 Å². The van der Waals surface area contributed by atoms with Crippen LogP contribution in [0.15, 0.2) is 35.3 Å². The van der Waals surface area contributed by atoms with Crippen molar-refractivity contribution in [2.75, 3.05) is 33.3 Å². The number of guanidine groups is 1. The molecule has 0 fully saturated rings. The first-order valence-corrected chi connectivity index (χ1v) is 7.53. The number of hydrogen-bond acceptors (Lipinski definition) is 3. The van der Waals surface area contributed by atoms with Crippen LogP contribution in [0.1, 0.15) is 13.8 Å². The van der Waals surface area contributed by atoms with Crippen LogP contribution in [-0.2, 0) is 4.79 Å². The Labute approximate surface area is 132 Å². The fourth-order valence-electron chi connectivity index (χ4n) is 1.65. The Kier molecular flexibility index (Phi) is 8.49. The molecule has 1 aromatic carbocycles. The lowest BCUT2D eigenvalue weighted by Crippen LogP contribution is -2.43. The van der Waals surface area contributed by atoms with Gasteiger partial charge in [-0.05, 0) is 12.1 Å². The zero-order valence-corrected chi connectivity index (χ0v) is 13.6. The zero-order chi connectivity index (χ0) is 16.2. The lowest BCUT2D eigenvalue weighted by Gasteiger charge is -2.13. The molecule has 1 amide bonds. The lowest BCUT2D eigenvalue weighted by atomic mass is 10.2. The van der Waals surface area contributed by atoms with Gasteiger partial charge in [-0.25, -0.2) is 0 Å². The Bertz CT molecular complexity index is 460. The van der Waals surface area contributed by atoms with Crippen molar-refractivity contribution >= 4 is 11.9 Å². The van der Waals surface area contributed by atoms with Crippen LogP contribution >= 0.6 is 0 Å². The highest BCUT2D eigenvalue weighted by molar-refractivity contribution is 5.80. The van der Waals surface area contributed by atoms with Crippen LogP contribution in [0, 0.1) is 5.92 Å². The van der Waals surface area contributed by atoms with Gasteiger partial charge in [0, 0.05) is 26.1 Å². The summed E-state index contributed by atoms with van der Waals surface area (Å²) in [5.74, 6) is 1.60. The molecule has 0 saturated heterocycles. The summed E-state index contributed by atoms with van der Waals surface area (Å²) in [6.07, 6.45) is 0. The third-order valence-corrected chi connectivity index (χ3v) is 2.87. The van der Waals surface area contributed by atoms with Crippen molar-refractivity contribution < 1.29 is 9.53 Å². The molecule has 0 atom stereocenters. The van der Waals surface area contributed by atoms with Crippen LogP contribution in [-0.4, -0.2) is 45.2 Å².